The number of nitrogens with one attached hydrogen (secondary N) is 3. The topological polar surface area (TPSA) is 105 Å². The van der Waals surface area contributed by atoms with Gasteiger partial charge in [0.2, 0.25) is 0 Å². The van der Waals surface area contributed by atoms with Gasteiger partial charge in [-0.3, -0.25) is 4.79 Å². The van der Waals surface area contributed by atoms with Gasteiger partial charge in [0.05, 0.1) is 24.9 Å². The number of imidazole rings is 1. The number of aromatic nitrogens is 4. The Kier molecular flexibility index (Phi) is 5.57. The lowest BCUT2D eigenvalue weighted by Crippen LogP contribution is -2.46. The van der Waals surface area contributed by atoms with E-state index in [9.17, 15) is 9.18 Å². The number of pyridine rings is 1. The molecule has 11 heteroatoms. The Morgan fingerprint density at radius 2 is 2.12 bits per heavy atom. The third-order valence-electron chi connectivity index (χ3n) is 6.08. The van der Waals surface area contributed by atoms with Crippen molar-refractivity contribution in [3.63, 3.8) is 0 Å². The Bertz CT molecular complexity index is 1210. The van der Waals surface area contributed by atoms with E-state index < -0.39 is 23.9 Å². The third kappa shape index (κ3) is 3.97. The molecule has 1 aliphatic heterocycles. The van der Waals surface area contributed by atoms with Crippen LogP contribution in [0.25, 0.3) is 17.0 Å². The van der Waals surface area contributed by atoms with Gasteiger partial charge in [-0.05, 0) is 31.9 Å². The number of anilines is 1. The maximum absolute atomic E-state index is 15.2. The van der Waals surface area contributed by atoms with Gasteiger partial charge in [-0.1, -0.05) is 0 Å². The van der Waals surface area contributed by atoms with Crippen LogP contribution in [0, 0.1) is 5.82 Å². The summed E-state index contributed by atoms with van der Waals surface area (Å²) in [4.78, 5) is 21.2. The molecule has 2 aliphatic rings. The van der Waals surface area contributed by atoms with E-state index in [1.54, 1.807) is 13.2 Å². The highest BCUT2D eigenvalue weighted by Gasteiger charge is 2.31. The van der Waals surface area contributed by atoms with Crippen LogP contribution in [0.15, 0.2) is 18.3 Å². The van der Waals surface area contributed by atoms with Crippen molar-refractivity contribution in [3.8, 4) is 17.1 Å². The lowest BCUT2D eigenvalue weighted by molar-refractivity contribution is 0.0963. The van der Waals surface area contributed by atoms with Crippen molar-refractivity contribution in [1.29, 1.82) is 0 Å². The fraction of sp³-hybridized carbons (Fsp3) is 0.455. The van der Waals surface area contributed by atoms with Gasteiger partial charge in [-0.15, -0.1) is 0 Å². The lowest BCUT2D eigenvalue weighted by Gasteiger charge is -2.28. The number of nitrogens with zero attached hydrogens (tertiary/aromatic N) is 4. The summed E-state index contributed by atoms with van der Waals surface area (Å²) in [6.07, 6.45) is 2.72. The molecule has 1 amide bonds. The molecule has 9 nitrogen and oxygen atoms in total. The lowest BCUT2D eigenvalue weighted by atomic mass is 10.0. The molecule has 5 rings (SSSR count). The van der Waals surface area contributed by atoms with E-state index in [1.165, 1.54) is 17.8 Å². The average molecular weight is 457 g/mol. The maximum Gasteiger partial charge on any atom is 0.254 e. The van der Waals surface area contributed by atoms with Crippen molar-refractivity contribution in [2.45, 2.75) is 37.4 Å². The molecule has 1 aliphatic carbocycles. The van der Waals surface area contributed by atoms with E-state index in [1.807, 2.05) is 0 Å². The average Bonchev–Trinajstić information content (AvgIpc) is 3.59. The maximum atomic E-state index is 15.2. The van der Waals surface area contributed by atoms with Gasteiger partial charge >= 0.3 is 0 Å². The van der Waals surface area contributed by atoms with E-state index >= 15 is 4.39 Å². The first-order valence-corrected chi connectivity index (χ1v) is 11.0. The summed E-state index contributed by atoms with van der Waals surface area (Å²) in [5.74, 6) is -0.179. The highest BCUT2D eigenvalue weighted by molar-refractivity contribution is 5.99. The fourth-order valence-electron chi connectivity index (χ4n) is 4.11. The molecule has 0 unspecified atom stereocenters. The predicted octanol–water partition coefficient (Wildman–Crippen LogP) is 2.29. The summed E-state index contributed by atoms with van der Waals surface area (Å²) in [5, 5.41) is 13.3. The number of piperidine rings is 1. The van der Waals surface area contributed by atoms with Crippen molar-refractivity contribution in [3.05, 3.63) is 35.4 Å². The van der Waals surface area contributed by atoms with Crippen molar-refractivity contribution in [1.82, 2.24) is 30.2 Å². The molecule has 0 aromatic carbocycles. The molecule has 4 heterocycles. The molecule has 33 heavy (non-hydrogen) atoms. The minimum atomic E-state index is -1.12. The molecular formula is C22H25F2N7O2. The number of fused-ring (bicyclic) bond motifs is 1. The van der Waals surface area contributed by atoms with Crippen molar-refractivity contribution < 1.29 is 18.3 Å². The van der Waals surface area contributed by atoms with Crippen LogP contribution < -0.4 is 20.7 Å². The standard InChI is InChI=1S/C22H25F2N7O2/c1-25-22(32)12-7-14(24)20(29-21(12)28-15-9-26-6-5-13(15)23)16-10-27-18-8-17(33-2)19(11-3-4-11)30-31(16)18/h7-8,10-11,13,15,26H,3-6,9H2,1-2H3,(H,25,32)(H,28,29)/t13-,15-/m0/s1. The van der Waals surface area contributed by atoms with Gasteiger partial charge in [0, 0.05) is 25.6 Å². The van der Waals surface area contributed by atoms with E-state index in [0.29, 0.717) is 42.5 Å². The first kappa shape index (κ1) is 21.5. The zero-order chi connectivity index (χ0) is 23.1. The summed E-state index contributed by atoms with van der Waals surface area (Å²) in [6.45, 7) is 0.939. The van der Waals surface area contributed by atoms with E-state index in [4.69, 9.17) is 4.74 Å². The van der Waals surface area contributed by atoms with Crippen molar-refractivity contribution in [2.24, 2.45) is 0 Å². The number of carbonyl (C=O) groups excluding carboxylic acids is 1. The summed E-state index contributed by atoms with van der Waals surface area (Å²) in [6, 6.07) is 2.28. The number of amides is 1. The summed E-state index contributed by atoms with van der Waals surface area (Å²) >= 11 is 0. The zero-order valence-corrected chi connectivity index (χ0v) is 18.4. The van der Waals surface area contributed by atoms with Gasteiger partial charge in [-0.2, -0.15) is 5.10 Å². The van der Waals surface area contributed by atoms with Crippen LogP contribution in [-0.2, 0) is 0 Å². The first-order valence-electron chi connectivity index (χ1n) is 11.0. The summed E-state index contributed by atoms with van der Waals surface area (Å²) in [7, 11) is 3.03. The van der Waals surface area contributed by atoms with Crippen LogP contribution in [-0.4, -0.2) is 64.9 Å². The van der Waals surface area contributed by atoms with Gasteiger partial charge in [-0.25, -0.2) is 23.3 Å². The Morgan fingerprint density at radius 3 is 2.82 bits per heavy atom. The van der Waals surface area contributed by atoms with Gasteiger partial charge in [0.25, 0.3) is 5.91 Å². The molecule has 3 aromatic rings. The number of hydrogen-bond donors (Lipinski definition) is 3. The van der Waals surface area contributed by atoms with E-state index in [0.717, 1.165) is 24.6 Å². The number of ether oxygens (including phenoxy) is 1. The summed E-state index contributed by atoms with van der Waals surface area (Å²) in [5.41, 5.74) is 1.57. The highest BCUT2D eigenvalue weighted by atomic mass is 19.1. The van der Waals surface area contributed by atoms with Crippen LogP contribution in [0.1, 0.15) is 41.2 Å². The molecule has 2 atom stereocenters. The molecule has 3 aromatic heterocycles. The molecule has 0 bridgehead atoms. The molecule has 1 saturated heterocycles. The number of methoxy groups -OCH3 is 1. The van der Waals surface area contributed by atoms with Crippen LogP contribution in [0.3, 0.4) is 0 Å². The monoisotopic (exact) mass is 457 g/mol. The number of rotatable bonds is 6. The minimum Gasteiger partial charge on any atom is -0.495 e. The number of hydrogen-bond acceptors (Lipinski definition) is 7. The predicted molar refractivity (Wildman–Crippen MR) is 118 cm³/mol. The van der Waals surface area contributed by atoms with E-state index in [-0.39, 0.29) is 17.1 Å². The smallest absolute Gasteiger partial charge is 0.254 e. The second-order valence-corrected chi connectivity index (χ2v) is 8.34. The zero-order valence-electron chi connectivity index (χ0n) is 18.4. The molecule has 0 spiro atoms. The highest BCUT2D eigenvalue weighted by Crippen LogP contribution is 2.43. The molecule has 2 fully saturated rings. The molecule has 0 radical (unpaired) electrons. The number of alkyl halides is 1. The molecular weight excluding hydrogens is 432 g/mol. The Morgan fingerprint density at radius 1 is 1.30 bits per heavy atom. The first-order chi connectivity index (χ1) is 16.0. The molecule has 1 saturated carbocycles. The third-order valence-corrected chi connectivity index (χ3v) is 6.08. The van der Waals surface area contributed by atoms with E-state index in [2.05, 4.69) is 31.0 Å². The van der Waals surface area contributed by atoms with Gasteiger partial charge in [0.1, 0.15) is 34.8 Å². The van der Waals surface area contributed by atoms with Crippen LogP contribution in [0.5, 0.6) is 5.75 Å². The SMILES string of the molecule is CNC(=O)c1cc(F)c(-c2cnc3cc(OC)c(C4CC4)nn23)nc1N[C@H]1CNCC[C@@H]1F. The second-order valence-electron chi connectivity index (χ2n) is 8.34. The Balaban J connectivity index is 1.61. The largest absolute Gasteiger partial charge is 0.495 e. The second kappa shape index (κ2) is 8.54. The quantitative estimate of drug-likeness (QED) is 0.522. The fourth-order valence-corrected chi connectivity index (χ4v) is 4.11. The normalized spacial score (nSPS) is 20.6. The van der Waals surface area contributed by atoms with Crippen LogP contribution in [0.2, 0.25) is 0 Å². The minimum absolute atomic E-state index is 0.00126. The van der Waals surface area contributed by atoms with Crippen LogP contribution in [0.4, 0.5) is 14.6 Å². The molecule has 3 N–H and O–H groups in total. The Hall–Kier alpha value is -3.34. The van der Waals surface area contributed by atoms with Crippen molar-refractivity contribution in [2.75, 3.05) is 32.6 Å². The van der Waals surface area contributed by atoms with Crippen LogP contribution >= 0.6 is 0 Å². The van der Waals surface area contributed by atoms with Gasteiger partial charge < -0.3 is 20.7 Å². The van der Waals surface area contributed by atoms with Crippen molar-refractivity contribution >= 4 is 17.4 Å². The number of carbonyl (C=O) groups is 1. The Labute approximate surface area is 188 Å². The van der Waals surface area contributed by atoms with Gasteiger partial charge in [0.15, 0.2) is 11.5 Å². The molecule has 174 valence electrons. The summed E-state index contributed by atoms with van der Waals surface area (Å²) < 4.78 is 36.7. The number of halogens is 2.